The Balaban J connectivity index is 2.39. The maximum atomic E-state index is 12.5. The second-order valence-electron chi connectivity index (χ2n) is 12.2. The summed E-state index contributed by atoms with van der Waals surface area (Å²) >= 11 is 0. The van der Waals surface area contributed by atoms with E-state index >= 15 is 0 Å². The number of hydrogen-bond acceptors (Lipinski definition) is 9. The summed E-state index contributed by atoms with van der Waals surface area (Å²) in [7, 11) is 0. The molecule has 1 heterocycles. The van der Waals surface area contributed by atoms with Crippen LogP contribution in [0.3, 0.4) is 0 Å². The fourth-order valence-electron chi connectivity index (χ4n) is 7.97. The molecule has 9 heteroatoms. The van der Waals surface area contributed by atoms with Crippen molar-refractivity contribution in [3.63, 3.8) is 0 Å². The number of esters is 4. The normalized spacial score (nSPS) is 42.3. The van der Waals surface area contributed by atoms with E-state index in [1.54, 1.807) is 13.0 Å². The number of carbonyl (C=O) groups is 4. The van der Waals surface area contributed by atoms with E-state index < -0.39 is 82.2 Å². The largest absolute Gasteiger partial charge is 0.462 e. The average molecular weight is 523 g/mol. The quantitative estimate of drug-likeness (QED) is 0.301. The number of carbonyl (C=O) groups excluding carboxylic acids is 4. The minimum absolute atomic E-state index is 0.302. The first-order valence-electron chi connectivity index (χ1n) is 12.9. The van der Waals surface area contributed by atoms with Crippen LogP contribution < -0.4 is 0 Å². The predicted octanol–water partition coefficient (Wildman–Crippen LogP) is 3.91. The second-order valence-corrected chi connectivity index (χ2v) is 12.2. The zero-order valence-corrected chi connectivity index (χ0v) is 23.5. The van der Waals surface area contributed by atoms with Gasteiger partial charge >= 0.3 is 23.9 Å². The Hall–Kier alpha value is -2.42. The van der Waals surface area contributed by atoms with Gasteiger partial charge in [0.2, 0.25) is 0 Å². The standard InChI is InChI=1S/C28H42O9/c1-11-26(8)14-19(33-15(2)29)22-27(9)20(34-16(3)30)12-13-25(6,7)23(27)21(35-17(4)31)24(36-18(5)32)28(22,10)37-26/h11,19-24H,1,12-14H2,2-10H3/t19-,20-,21+,22-,23+,24+,26+,27-,28+/m1/s1. The van der Waals surface area contributed by atoms with Gasteiger partial charge in [0.1, 0.15) is 23.9 Å². The van der Waals surface area contributed by atoms with Crippen LogP contribution in [-0.2, 0) is 42.9 Å². The lowest BCUT2D eigenvalue weighted by atomic mass is 9.41. The van der Waals surface area contributed by atoms with Gasteiger partial charge in [-0.2, -0.15) is 0 Å². The van der Waals surface area contributed by atoms with E-state index in [0.717, 1.165) is 0 Å². The maximum Gasteiger partial charge on any atom is 0.303 e. The highest BCUT2D eigenvalue weighted by atomic mass is 16.6. The fourth-order valence-corrected chi connectivity index (χ4v) is 7.97. The minimum atomic E-state index is -1.30. The van der Waals surface area contributed by atoms with Gasteiger partial charge in [-0.3, -0.25) is 19.2 Å². The summed E-state index contributed by atoms with van der Waals surface area (Å²) in [6.07, 6.45) is -0.0358. The molecule has 208 valence electrons. The fraction of sp³-hybridized carbons (Fsp3) is 0.786. The molecule has 9 atom stereocenters. The first-order valence-corrected chi connectivity index (χ1v) is 12.9. The lowest BCUT2D eigenvalue weighted by molar-refractivity contribution is -0.354. The molecule has 1 aliphatic heterocycles. The average Bonchev–Trinajstić information content (AvgIpc) is 2.71. The maximum absolute atomic E-state index is 12.5. The molecule has 0 bridgehead atoms. The van der Waals surface area contributed by atoms with Crippen LogP contribution in [0.25, 0.3) is 0 Å². The number of ether oxygens (including phenoxy) is 5. The lowest BCUT2D eigenvalue weighted by Gasteiger charge is -2.70. The Kier molecular flexibility index (Phi) is 7.65. The Bertz CT molecular complexity index is 973. The highest BCUT2D eigenvalue weighted by Gasteiger charge is 2.76. The summed E-state index contributed by atoms with van der Waals surface area (Å²) in [5.41, 5.74) is -3.56. The molecule has 1 saturated heterocycles. The molecule has 2 aliphatic carbocycles. The molecule has 9 nitrogen and oxygen atoms in total. The molecule has 3 aliphatic rings. The van der Waals surface area contributed by atoms with Crippen molar-refractivity contribution < 1.29 is 42.9 Å². The molecule has 0 N–H and O–H groups in total. The molecule has 0 aromatic heterocycles. The van der Waals surface area contributed by atoms with Gasteiger partial charge in [-0.25, -0.2) is 0 Å². The molecule has 0 aromatic rings. The van der Waals surface area contributed by atoms with E-state index in [-0.39, 0.29) is 0 Å². The van der Waals surface area contributed by atoms with Crippen LogP contribution >= 0.6 is 0 Å². The molecular weight excluding hydrogens is 480 g/mol. The highest BCUT2D eigenvalue weighted by Crippen LogP contribution is 2.67. The van der Waals surface area contributed by atoms with E-state index in [1.807, 2.05) is 13.8 Å². The topological polar surface area (TPSA) is 114 Å². The molecule has 2 saturated carbocycles. The smallest absolute Gasteiger partial charge is 0.303 e. The van der Waals surface area contributed by atoms with Gasteiger partial charge in [-0.05, 0) is 32.1 Å². The first-order chi connectivity index (χ1) is 16.9. The summed E-state index contributed by atoms with van der Waals surface area (Å²) in [6.45, 7) is 19.0. The van der Waals surface area contributed by atoms with Gasteiger partial charge in [0.05, 0.1) is 5.60 Å². The molecule has 3 fully saturated rings. The Morgan fingerprint density at radius 3 is 1.84 bits per heavy atom. The Labute approximate surface area is 219 Å². The third-order valence-electron chi connectivity index (χ3n) is 8.82. The molecular formula is C28H42O9. The van der Waals surface area contributed by atoms with E-state index in [0.29, 0.717) is 19.3 Å². The van der Waals surface area contributed by atoms with E-state index in [1.165, 1.54) is 27.7 Å². The molecule has 0 radical (unpaired) electrons. The van der Waals surface area contributed by atoms with Crippen LogP contribution in [0.4, 0.5) is 0 Å². The molecule has 37 heavy (non-hydrogen) atoms. The molecule has 0 unspecified atom stereocenters. The van der Waals surface area contributed by atoms with E-state index in [2.05, 4.69) is 20.4 Å². The van der Waals surface area contributed by atoms with Crippen LogP contribution in [-0.4, -0.2) is 59.5 Å². The van der Waals surface area contributed by atoms with Crippen molar-refractivity contribution in [1.82, 2.24) is 0 Å². The Morgan fingerprint density at radius 2 is 1.35 bits per heavy atom. The Morgan fingerprint density at radius 1 is 0.811 bits per heavy atom. The number of rotatable bonds is 5. The van der Waals surface area contributed by atoms with Gasteiger partial charge in [-0.1, -0.05) is 26.8 Å². The summed E-state index contributed by atoms with van der Waals surface area (Å²) in [4.78, 5) is 49.6. The van der Waals surface area contributed by atoms with Crippen LogP contribution in [0.2, 0.25) is 0 Å². The van der Waals surface area contributed by atoms with Gasteiger partial charge in [-0.15, -0.1) is 6.58 Å². The van der Waals surface area contributed by atoms with Gasteiger partial charge < -0.3 is 23.7 Å². The van der Waals surface area contributed by atoms with Crippen molar-refractivity contribution in [3.05, 3.63) is 12.7 Å². The second kappa shape index (κ2) is 9.71. The zero-order valence-electron chi connectivity index (χ0n) is 23.5. The molecule has 0 aromatic carbocycles. The zero-order chi connectivity index (χ0) is 28.1. The van der Waals surface area contributed by atoms with Crippen molar-refractivity contribution in [3.8, 4) is 0 Å². The molecule has 3 rings (SSSR count). The SMILES string of the molecule is C=C[C@@]1(C)C[C@@H](OC(C)=O)[C@H]2[C@](C)(O1)[C@@H](OC(C)=O)[C@@H](OC(C)=O)[C@H]1C(C)(C)CC[C@@H](OC(C)=O)[C@@]12C. The van der Waals surface area contributed by atoms with Crippen molar-refractivity contribution in [2.75, 3.05) is 0 Å². The van der Waals surface area contributed by atoms with E-state index in [9.17, 15) is 19.2 Å². The van der Waals surface area contributed by atoms with E-state index in [4.69, 9.17) is 23.7 Å². The molecule has 0 spiro atoms. The van der Waals surface area contributed by atoms with Crippen molar-refractivity contribution >= 4 is 23.9 Å². The summed E-state index contributed by atoms with van der Waals surface area (Å²) < 4.78 is 30.6. The summed E-state index contributed by atoms with van der Waals surface area (Å²) in [6, 6.07) is 0. The predicted molar refractivity (Wildman–Crippen MR) is 133 cm³/mol. The third-order valence-corrected chi connectivity index (χ3v) is 8.82. The van der Waals surface area contributed by atoms with Gasteiger partial charge in [0.15, 0.2) is 6.10 Å². The van der Waals surface area contributed by atoms with Crippen molar-refractivity contribution in [2.24, 2.45) is 22.7 Å². The van der Waals surface area contributed by atoms with Crippen molar-refractivity contribution in [2.45, 2.75) is 117 Å². The summed E-state index contributed by atoms with van der Waals surface area (Å²) in [5.74, 6) is -3.01. The lowest BCUT2D eigenvalue weighted by Crippen LogP contribution is -2.79. The highest BCUT2D eigenvalue weighted by molar-refractivity contribution is 5.68. The van der Waals surface area contributed by atoms with Crippen LogP contribution in [0.15, 0.2) is 12.7 Å². The number of hydrogen-bond donors (Lipinski definition) is 0. The van der Waals surface area contributed by atoms with Gasteiger partial charge in [0.25, 0.3) is 0 Å². The van der Waals surface area contributed by atoms with Gasteiger partial charge in [0, 0.05) is 51.4 Å². The van der Waals surface area contributed by atoms with Crippen LogP contribution in [0.5, 0.6) is 0 Å². The van der Waals surface area contributed by atoms with Crippen LogP contribution in [0, 0.1) is 22.7 Å². The molecule has 0 amide bonds. The minimum Gasteiger partial charge on any atom is -0.462 e. The first kappa shape index (κ1) is 29.1. The van der Waals surface area contributed by atoms with Crippen LogP contribution in [0.1, 0.15) is 81.6 Å². The third kappa shape index (κ3) is 5.03. The number of fused-ring (bicyclic) bond motifs is 3. The summed E-state index contributed by atoms with van der Waals surface area (Å²) in [5, 5.41) is 0. The monoisotopic (exact) mass is 522 g/mol. The van der Waals surface area contributed by atoms with Crippen molar-refractivity contribution in [1.29, 1.82) is 0 Å².